The normalized spacial score (nSPS) is 27.2. The highest BCUT2D eigenvalue weighted by Gasteiger charge is 2.36. The van der Waals surface area contributed by atoms with Crippen molar-refractivity contribution in [3.05, 3.63) is 29.6 Å². The minimum Gasteiger partial charge on any atom is -0.388 e. The number of morpholine rings is 1. The van der Waals surface area contributed by atoms with Crippen LogP contribution in [0.25, 0.3) is 0 Å². The molecular weight excluding hydrogens is 258 g/mol. The lowest BCUT2D eigenvalue weighted by atomic mass is 10.1. The van der Waals surface area contributed by atoms with Crippen LogP contribution in [0.15, 0.2) is 18.3 Å². The Bertz CT molecular complexity index is 480. The Labute approximate surface area is 118 Å². The molecule has 0 bridgehead atoms. The number of pyridine rings is 1. The molecule has 102 valence electrons. The molecule has 1 aromatic heterocycles. The van der Waals surface area contributed by atoms with E-state index in [0.717, 1.165) is 31.0 Å². The van der Waals surface area contributed by atoms with Crippen molar-refractivity contribution < 1.29 is 4.74 Å². The Hall–Kier alpha value is -1.04. The van der Waals surface area contributed by atoms with Gasteiger partial charge in [0.1, 0.15) is 10.7 Å². The summed E-state index contributed by atoms with van der Waals surface area (Å²) in [6, 6.07) is 4.57. The van der Waals surface area contributed by atoms with E-state index in [-0.39, 0.29) is 0 Å². The van der Waals surface area contributed by atoms with Gasteiger partial charge in [-0.05, 0) is 30.9 Å². The molecule has 19 heavy (non-hydrogen) atoms. The number of thiocarbonyl (C=S) groups is 1. The first-order valence-electron chi connectivity index (χ1n) is 6.85. The average Bonchev–Trinajstić information content (AvgIpc) is 2.88. The second kappa shape index (κ2) is 5.53. The Morgan fingerprint density at radius 3 is 3.26 bits per heavy atom. The van der Waals surface area contributed by atoms with Crippen LogP contribution < -0.4 is 5.73 Å². The molecule has 5 heteroatoms. The minimum atomic E-state index is 0.381. The molecule has 1 aromatic rings. The van der Waals surface area contributed by atoms with Gasteiger partial charge in [0.25, 0.3) is 0 Å². The number of fused-ring (bicyclic) bond motifs is 1. The molecule has 2 aliphatic rings. The second-order valence-electron chi connectivity index (χ2n) is 5.25. The summed E-state index contributed by atoms with van der Waals surface area (Å²) in [6.45, 7) is 2.67. The first kappa shape index (κ1) is 13.0. The van der Waals surface area contributed by atoms with Crippen LogP contribution in [0, 0.1) is 0 Å². The van der Waals surface area contributed by atoms with Crippen molar-refractivity contribution >= 4 is 17.2 Å². The number of aromatic nitrogens is 1. The van der Waals surface area contributed by atoms with Crippen molar-refractivity contribution in [2.24, 2.45) is 5.73 Å². The zero-order chi connectivity index (χ0) is 13.2. The van der Waals surface area contributed by atoms with Gasteiger partial charge in [-0.25, -0.2) is 0 Å². The highest BCUT2D eigenvalue weighted by molar-refractivity contribution is 7.80. The standard InChI is InChI=1S/C14H19N3OS/c15-14(19)13-10(3-2-6-16-13)9-17-7-8-18-12-5-1-4-11(12)17/h2-3,6,11-12H,1,4-5,7-9H2,(H2,15,19). The van der Waals surface area contributed by atoms with Gasteiger partial charge < -0.3 is 10.5 Å². The second-order valence-corrected chi connectivity index (χ2v) is 5.69. The molecule has 2 unspecified atom stereocenters. The Morgan fingerprint density at radius 2 is 2.42 bits per heavy atom. The van der Waals surface area contributed by atoms with E-state index < -0.39 is 0 Å². The molecule has 4 nitrogen and oxygen atoms in total. The summed E-state index contributed by atoms with van der Waals surface area (Å²) < 4.78 is 5.84. The van der Waals surface area contributed by atoms with Gasteiger partial charge in [0, 0.05) is 25.3 Å². The number of ether oxygens (including phenoxy) is 1. The lowest BCUT2D eigenvalue weighted by molar-refractivity contribution is -0.0588. The largest absolute Gasteiger partial charge is 0.388 e. The predicted molar refractivity (Wildman–Crippen MR) is 77.9 cm³/mol. The first-order valence-corrected chi connectivity index (χ1v) is 7.26. The van der Waals surface area contributed by atoms with Crippen molar-refractivity contribution in [2.75, 3.05) is 13.2 Å². The van der Waals surface area contributed by atoms with E-state index in [1.165, 1.54) is 19.3 Å². The molecule has 1 aliphatic carbocycles. The third kappa shape index (κ3) is 2.63. The van der Waals surface area contributed by atoms with Crippen LogP contribution in [0.4, 0.5) is 0 Å². The van der Waals surface area contributed by atoms with Crippen LogP contribution >= 0.6 is 12.2 Å². The van der Waals surface area contributed by atoms with E-state index in [2.05, 4.69) is 16.0 Å². The van der Waals surface area contributed by atoms with Gasteiger partial charge in [-0.2, -0.15) is 0 Å². The van der Waals surface area contributed by atoms with Crippen molar-refractivity contribution in [3.63, 3.8) is 0 Å². The number of nitrogens with two attached hydrogens (primary N) is 1. The van der Waals surface area contributed by atoms with Crippen LogP contribution in [-0.4, -0.2) is 40.2 Å². The molecule has 0 spiro atoms. The van der Waals surface area contributed by atoms with Gasteiger partial charge >= 0.3 is 0 Å². The minimum absolute atomic E-state index is 0.381. The Morgan fingerprint density at radius 1 is 1.53 bits per heavy atom. The molecule has 2 atom stereocenters. The SMILES string of the molecule is NC(=S)c1ncccc1CN1CCOC2CCCC21. The van der Waals surface area contributed by atoms with E-state index in [1.807, 2.05) is 6.07 Å². The number of hydrogen-bond donors (Lipinski definition) is 1. The molecule has 1 aliphatic heterocycles. The fourth-order valence-corrected chi connectivity index (χ4v) is 3.39. The summed E-state index contributed by atoms with van der Waals surface area (Å²) >= 11 is 5.08. The van der Waals surface area contributed by atoms with Crippen LogP contribution in [0.1, 0.15) is 30.5 Å². The van der Waals surface area contributed by atoms with Crippen LogP contribution in [-0.2, 0) is 11.3 Å². The van der Waals surface area contributed by atoms with E-state index in [4.69, 9.17) is 22.7 Å². The quantitative estimate of drug-likeness (QED) is 0.848. The molecule has 1 saturated heterocycles. The van der Waals surface area contributed by atoms with E-state index in [1.54, 1.807) is 6.20 Å². The maximum absolute atomic E-state index is 5.84. The Balaban J connectivity index is 1.79. The highest BCUT2D eigenvalue weighted by Crippen LogP contribution is 2.30. The summed E-state index contributed by atoms with van der Waals surface area (Å²) in [5.74, 6) is 0. The molecule has 2 heterocycles. The van der Waals surface area contributed by atoms with E-state index >= 15 is 0 Å². The maximum Gasteiger partial charge on any atom is 0.123 e. The monoisotopic (exact) mass is 277 g/mol. The van der Waals surface area contributed by atoms with Crippen LogP contribution in [0.3, 0.4) is 0 Å². The topological polar surface area (TPSA) is 51.4 Å². The Kier molecular flexibility index (Phi) is 3.77. The molecule has 2 fully saturated rings. The molecular formula is C14H19N3OS. The van der Waals surface area contributed by atoms with Crippen molar-refractivity contribution in [2.45, 2.75) is 38.0 Å². The van der Waals surface area contributed by atoms with Gasteiger partial charge in [0.15, 0.2) is 0 Å². The fraction of sp³-hybridized carbons (Fsp3) is 0.571. The van der Waals surface area contributed by atoms with Gasteiger partial charge in [-0.1, -0.05) is 18.3 Å². The lowest BCUT2D eigenvalue weighted by Gasteiger charge is -2.37. The third-order valence-electron chi connectivity index (χ3n) is 4.10. The zero-order valence-electron chi connectivity index (χ0n) is 10.9. The van der Waals surface area contributed by atoms with Gasteiger partial charge in [-0.15, -0.1) is 0 Å². The lowest BCUT2D eigenvalue weighted by Crippen LogP contribution is -2.48. The smallest absolute Gasteiger partial charge is 0.123 e. The third-order valence-corrected chi connectivity index (χ3v) is 4.29. The molecule has 1 saturated carbocycles. The summed E-state index contributed by atoms with van der Waals surface area (Å²) in [7, 11) is 0. The van der Waals surface area contributed by atoms with Crippen LogP contribution in [0.5, 0.6) is 0 Å². The van der Waals surface area contributed by atoms with Crippen molar-refractivity contribution in [1.82, 2.24) is 9.88 Å². The van der Waals surface area contributed by atoms with Crippen molar-refractivity contribution in [3.8, 4) is 0 Å². The molecule has 0 radical (unpaired) electrons. The van der Waals surface area contributed by atoms with E-state index in [9.17, 15) is 0 Å². The summed E-state index contributed by atoms with van der Waals surface area (Å²) in [5, 5.41) is 0. The molecule has 3 rings (SSSR count). The van der Waals surface area contributed by atoms with Gasteiger partial charge in [-0.3, -0.25) is 9.88 Å². The first-order chi connectivity index (χ1) is 9.25. The molecule has 0 aromatic carbocycles. The summed E-state index contributed by atoms with van der Waals surface area (Å²) in [4.78, 5) is 7.19. The summed E-state index contributed by atoms with van der Waals surface area (Å²) in [5.41, 5.74) is 7.64. The van der Waals surface area contributed by atoms with Crippen LogP contribution in [0.2, 0.25) is 0 Å². The molecule has 0 amide bonds. The predicted octanol–water partition coefficient (Wildman–Crippen LogP) is 1.47. The average molecular weight is 277 g/mol. The fourth-order valence-electron chi connectivity index (χ4n) is 3.21. The number of nitrogens with zero attached hydrogens (tertiary/aromatic N) is 2. The van der Waals surface area contributed by atoms with Gasteiger partial charge in [0.05, 0.1) is 12.7 Å². The highest BCUT2D eigenvalue weighted by atomic mass is 32.1. The maximum atomic E-state index is 5.84. The zero-order valence-corrected chi connectivity index (χ0v) is 11.7. The van der Waals surface area contributed by atoms with Crippen molar-refractivity contribution in [1.29, 1.82) is 0 Å². The van der Waals surface area contributed by atoms with E-state index in [0.29, 0.717) is 17.1 Å². The van der Waals surface area contributed by atoms with Gasteiger partial charge in [0.2, 0.25) is 0 Å². The molecule has 2 N–H and O–H groups in total. The number of hydrogen-bond acceptors (Lipinski definition) is 4. The summed E-state index contributed by atoms with van der Waals surface area (Å²) in [6.07, 6.45) is 5.85. The number of rotatable bonds is 3.